The van der Waals surface area contributed by atoms with Gasteiger partial charge in [-0.05, 0) is 25.8 Å². The van der Waals surface area contributed by atoms with Gasteiger partial charge in [0.2, 0.25) is 5.91 Å². The Morgan fingerprint density at radius 3 is 2.65 bits per heavy atom. The van der Waals surface area contributed by atoms with Crippen molar-refractivity contribution in [1.82, 2.24) is 16.0 Å². The van der Waals surface area contributed by atoms with E-state index in [0.717, 1.165) is 25.9 Å². The van der Waals surface area contributed by atoms with Gasteiger partial charge in [-0.2, -0.15) is 0 Å². The third kappa shape index (κ3) is 4.76. The highest BCUT2D eigenvalue weighted by Gasteiger charge is 2.30. The van der Waals surface area contributed by atoms with Crippen molar-refractivity contribution < 1.29 is 14.3 Å². The summed E-state index contributed by atoms with van der Waals surface area (Å²) in [6, 6.07) is -0.575. The molecule has 3 N–H and O–H groups in total. The SMILES string of the molecule is CCC(C)C(NC(=O)CNC1(C)CCNC1)C(=O)OC. The van der Waals surface area contributed by atoms with E-state index in [1.165, 1.54) is 7.11 Å². The van der Waals surface area contributed by atoms with Gasteiger partial charge in [0.25, 0.3) is 0 Å². The normalized spacial score (nSPS) is 25.0. The van der Waals surface area contributed by atoms with Crippen molar-refractivity contribution in [3.63, 3.8) is 0 Å². The molecule has 0 aromatic heterocycles. The maximum Gasteiger partial charge on any atom is 0.328 e. The van der Waals surface area contributed by atoms with Gasteiger partial charge in [-0.3, -0.25) is 4.79 Å². The number of rotatable bonds is 7. The third-order valence-electron chi connectivity index (χ3n) is 4.03. The van der Waals surface area contributed by atoms with Crippen molar-refractivity contribution in [3.05, 3.63) is 0 Å². The van der Waals surface area contributed by atoms with Crippen LogP contribution in [0.15, 0.2) is 0 Å². The van der Waals surface area contributed by atoms with Crippen LogP contribution < -0.4 is 16.0 Å². The number of nitrogens with one attached hydrogen (secondary N) is 3. The summed E-state index contributed by atoms with van der Waals surface area (Å²) >= 11 is 0. The number of amides is 1. The van der Waals surface area contributed by atoms with Gasteiger partial charge in [-0.1, -0.05) is 20.3 Å². The summed E-state index contributed by atoms with van der Waals surface area (Å²) in [7, 11) is 1.34. The van der Waals surface area contributed by atoms with E-state index in [4.69, 9.17) is 4.74 Å². The maximum atomic E-state index is 12.0. The Hall–Kier alpha value is -1.14. The molecule has 1 heterocycles. The Morgan fingerprint density at radius 2 is 2.15 bits per heavy atom. The zero-order valence-corrected chi connectivity index (χ0v) is 12.9. The topological polar surface area (TPSA) is 79.5 Å². The average molecular weight is 285 g/mol. The second-order valence-corrected chi connectivity index (χ2v) is 5.79. The lowest BCUT2D eigenvalue weighted by molar-refractivity contribution is -0.146. The maximum absolute atomic E-state index is 12.0. The Bertz CT molecular complexity index is 341. The number of carbonyl (C=O) groups excluding carboxylic acids is 2. The summed E-state index contributed by atoms with van der Waals surface area (Å²) in [5.41, 5.74) is -0.0471. The van der Waals surface area contributed by atoms with Crippen LogP contribution >= 0.6 is 0 Å². The van der Waals surface area contributed by atoms with Crippen LogP contribution in [0.5, 0.6) is 0 Å². The van der Waals surface area contributed by atoms with Crippen molar-refractivity contribution in [2.24, 2.45) is 5.92 Å². The second kappa shape index (κ2) is 7.59. The van der Waals surface area contributed by atoms with Gasteiger partial charge in [0.1, 0.15) is 6.04 Å². The Labute approximate surface area is 121 Å². The van der Waals surface area contributed by atoms with E-state index in [9.17, 15) is 9.59 Å². The molecular formula is C14H27N3O3. The number of carbonyl (C=O) groups is 2. The first kappa shape index (κ1) is 16.9. The molecule has 0 bridgehead atoms. The quantitative estimate of drug-likeness (QED) is 0.575. The summed E-state index contributed by atoms with van der Waals surface area (Å²) in [6.45, 7) is 8.03. The largest absolute Gasteiger partial charge is 0.467 e. The van der Waals surface area contributed by atoms with Gasteiger partial charge >= 0.3 is 5.97 Å². The summed E-state index contributed by atoms with van der Waals surface area (Å²) in [5.74, 6) is -0.509. The van der Waals surface area contributed by atoms with Crippen LogP contribution in [0.1, 0.15) is 33.6 Å². The highest BCUT2D eigenvalue weighted by atomic mass is 16.5. The summed E-state index contributed by atoms with van der Waals surface area (Å²) < 4.78 is 4.75. The number of methoxy groups -OCH3 is 1. The minimum Gasteiger partial charge on any atom is -0.467 e. The molecule has 0 aromatic carbocycles. The molecule has 0 spiro atoms. The smallest absolute Gasteiger partial charge is 0.328 e. The molecule has 20 heavy (non-hydrogen) atoms. The first-order valence-electron chi connectivity index (χ1n) is 7.25. The van der Waals surface area contributed by atoms with E-state index >= 15 is 0 Å². The predicted octanol–water partition coefficient (Wildman–Crippen LogP) is 0.0319. The van der Waals surface area contributed by atoms with Gasteiger partial charge in [0.05, 0.1) is 13.7 Å². The number of esters is 1. The van der Waals surface area contributed by atoms with Crippen molar-refractivity contribution in [3.8, 4) is 0 Å². The fraction of sp³-hybridized carbons (Fsp3) is 0.857. The van der Waals surface area contributed by atoms with Crippen LogP contribution in [0.2, 0.25) is 0 Å². The van der Waals surface area contributed by atoms with Crippen molar-refractivity contribution >= 4 is 11.9 Å². The molecular weight excluding hydrogens is 258 g/mol. The number of hydrogen-bond donors (Lipinski definition) is 3. The number of hydrogen-bond acceptors (Lipinski definition) is 5. The zero-order chi connectivity index (χ0) is 15.2. The fourth-order valence-electron chi connectivity index (χ4n) is 2.28. The zero-order valence-electron chi connectivity index (χ0n) is 12.9. The van der Waals surface area contributed by atoms with E-state index < -0.39 is 6.04 Å². The molecule has 1 aliphatic heterocycles. The molecule has 1 saturated heterocycles. The summed E-state index contributed by atoms with van der Waals surface area (Å²) in [6.07, 6.45) is 1.79. The predicted molar refractivity (Wildman–Crippen MR) is 77.3 cm³/mol. The molecule has 0 radical (unpaired) electrons. The van der Waals surface area contributed by atoms with E-state index in [2.05, 4.69) is 22.9 Å². The third-order valence-corrected chi connectivity index (χ3v) is 4.03. The van der Waals surface area contributed by atoms with Crippen LogP contribution in [0.3, 0.4) is 0 Å². The van der Waals surface area contributed by atoms with E-state index in [0.29, 0.717) is 0 Å². The molecule has 1 aliphatic rings. The van der Waals surface area contributed by atoms with Gasteiger partial charge < -0.3 is 20.7 Å². The lowest BCUT2D eigenvalue weighted by atomic mass is 9.99. The standard InChI is InChI=1S/C14H27N3O3/c1-5-10(2)12(13(19)20-4)17-11(18)8-16-14(3)6-7-15-9-14/h10,12,15-16H,5-9H2,1-4H3,(H,17,18). The van der Waals surface area contributed by atoms with Gasteiger partial charge in [-0.15, -0.1) is 0 Å². The molecule has 1 rings (SSSR count). The molecule has 3 atom stereocenters. The van der Waals surface area contributed by atoms with Crippen molar-refractivity contribution in [2.45, 2.75) is 45.2 Å². The van der Waals surface area contributed by atoms with Crippen LogP contribution in [-0.4, -0.2) is 50.2 Å². The Morgan fingerprint density at radius 1 is 1.45 bits per heavy atom. The second-order valence-electron chi connectivity index (χ2n) is 5.79. The van der Waals surface area contributed by atoms with E-state index in [-0.39, 0.29) is 29.9 Å². The molecule has 1 amide bonds. The highest BCUT2D eigenvalue weighted by molar-refractivity contribution is 5.85. The lowest BCUT2D eigenvalue weighted by Gasteiger charge is -2.26. The Kier molecular flexibility index (Phi) is 6.42. The van der Waals surface area contributed by atoms with Crippen molar-refractivity contribution in [2.75, 3.05) is 26.7 Å². The molecule has 0 aromatic rings. The minimum atomic E-state index is -0.575. The highest BCUT2D eigenvalue weighted by Crippen LogP contribution is 2.13. The van der Waals surface area contributed by atoms with E-state index in [1.807, 2.05) is 13.8 Å². The van der Waals surface area contributed by atoms with Crippen LogP contribution in [0, 0.1) is 5.92 Å². The minimum absolute atomic E-state index is 0.0471. The van der Waals surface area contributed by atoms with Crippen molar-refractivity contribution in [1.29, 1.82) is 0 Å². The van der Waals surface area contributed by atoms with Gasteiger partial charge in [-0.25, -0.2) is 4.79 Å². The van der Waals surface area contributed by atoms with E-state index in [1.54, 1.807) is 0 Å². The van der Waals surface area contributed by atoms with Gasteiger partial charge in [0.15, 0.2) is 0 Å². The molecule has 6 heteroatoms. The molecule has 116 valence electrons. The molecule has 3 unspecified atom stereocenters. The Balaban J connectivity index is 2.47. The van der Waals surface area contributed by atoms with Crippen LogP contribution in [0.25, 0.3) is 0 Å². The van der Waals surface area contributed by atoms with Gasteiger partial charge in [0, 0.05) is 12.1 Å². The number of ether oxygens (including phenoxy) is 1. The fourth-order valence-corrected chi connectivity index (χ4v) is 2.28. The molecule has 1 fully saturated rings. The lowest BCUT2D eigenvalue weighted by Crippen LogP contribution is -2.52. The van der Waals surface area contributed by atoms with Crippen LogP contribution in [0.4, 0.5) is 0 Å². The molecule has 6 nitrogen and oxygen atoms in total. The molecule has 0 saturated carbocycles. The molecule has 0 aliphatic carbocycles. The average Bonchev–Trinajstić information content (AvgIpc) is 2.88. The first-order chi connectivity index (χ1) is 9.41. The van der Waals surface area contributed by atoms with Crippen LogP contribution in [-0.2, 0) is 14.3 Å². The monoisotopic (exact) mass is 285 g/mol. The summed E-state index contributed by atoms with van der Waals surface area (Å²) in [5, 5.41) is 9.28. The first-order valence-corrected chi connectivity index (χ1v) is 7.25. The summed E-state index contributed by atoms with van der Waals surface area (Å²) in [4.78, 5) is 23.7.